The van der Waals surface area contributed by atoms with Crippen molar-refractivity contribution in [2.24, 2.45) is 23.7 Å². The third-order valence-electron chi connectivity index (χ3n) is 15.4. The Morgan fingerprint density at radius 1 is 0.557 bits per heavy atom. The van der Waals surface area contributed by atoms with Crippen LogP contribution in [0.1, 0.15) is 116 Å². The van der Waals surface area contributed by atoms with E-state index in [0.717, 1.165) is 116 Å². The quantitative estimate of drug-likeness (QED) is 0.0663. The lowest BCUT2D eigenvalue weighted by molar-refractivity contribution is -0.125. The molecule has 4 aliphatic carbocycles. The molecule has 2 aromatic rings. The minimum atomic E-state index is -1.19. The molecule has 6 aliphatic rings. The summed E-state index contributed by atoms with van der Waals surface area (Å²) in [4.78, 5) is 72.8. The normalized spacial score (nSPS) is 24.0. The predicted molar refractivity (Wildman–Crippen MR) is 262 cm³/mol. The molecule has 8 N–H and O–H groups in total. The topological polar surface area (TPSA) is 245 Å². The van der Waals surface area contributed by atoms with E-state index in [4.69, 9.17) is 33.4 Å². The third kappa shape index (κ3) is 13.8. The number of carbonyl (C=O) groups is 4. The van der Waals surface area contributed by atoms with Crippen LogP contribution in [-0.4, -0.2) is 141 Å². The number of hydrogen-bond acceptors (Lipinski definition) is 14. The molecule has 0 aromatic carbocycles. The number of fused-ring (bicyclic) bond motifs is 2. The van der Waals surface area contributed by atoms with Gasteiger partial charge in [-0.1, -0.05) is 77.0 Å². The monoisotopic (exact) mass is 1020 g/mol. The van der Waals surface area contributed by atoms with Crippen LogP contribution in [0, 0.1) is 35.3 Å². The number of hydrazine groups is 2. The van der Waals surface area contributed by atoms with Gasteiger partial charge in [-0.2, -0.15) is 28.7 Å². The molecule has 4 saturated carbocycles. The first-order valence-corrected chi connectivity index (χ1v) is 25.9. The van der Waals surface area contributed by atoms with Gasteiger partial charge in [0.15, 0.2) is 23.3 Å². The van der Waals surface area contributed by atoms with Gasteiger partial charge in [-0.05, 0) is 87.7 Å². The second kappa shape index (κ2) is 25.0. The summed E-state index contributed by atoms with van der Waals surface area (Å²) in [6.45, 7) is 2.81. The maximum Gasteiger partial charge on any atom is 0.404 e. The number of aromatic nitrogens is 4. The molecule has 2 saturated heterocycles. The Bertz CT molecular complexity index is 1980. The maximum atomic E-state index is 15.6. The van der Waals surface area contributed by atoms with Crippen LogP contribution >= 0.6 is 23.2 Å². The largest absolute Gasteiger partial charge is 0.465 e. The number of carboxylic acid groups (broad SMARTS) is 2. The summed E-state index contributed by atoms with van der Waals surface area (Å²) >= 11 is 12.3. The lowest BCUT2D eigenvalue weighted by Crippen LogP contribution is -2.60. The van der Waals surface area contributed by atoms with Crippen LogP contribution in [0.4, 0.5) is 41.6 Å². The van der Waals surface area contributed by atoms with E-state index in [0.29, 0.717) is 49.9 Å². The molecule has 0 spiro atoms. The van der Waals surface area contributed by atoms with Gasteiger partial charge in [0, 0.05) is 63.4 Å². The molecule has 0 radical (unpaired) electrons. The maximum absolute atomic E-state index is 15.6. The van der Waals surface area contributed by atoms with E-state index in [1.807, 2.05) is 9.80 Å². The van der Waals surface area contributed by atoms with Crippen LogP contribution in [0.5, 0.6) is 0 Å². The molecule has 4 heterocycles. The van der Waals surface area contributed by atoms with Gasteiger partial charge in [0.25, 0.3) is 0 Å². The number of nitrogens with zero attached hydrogens (tertiary/aromatic N) is 8. The highest BCUT2D eigenvalue weighted by Crippen LogP contribution is 2.37. The fourth-order valence-corrected chi connectivity index (χ4v) is 12.1. The van der Waals surface area contributed by atoms with Crippen molar-refractivity contribution in [2.75, 3.05) is 74.0 Å². The van der Waals surface area contributed by atoms with Crippen molar-refractivity contribution in [3.63, 3.8) is 0 Å². The molecular formula is C46H70Cl2F2N14O6. The molecule has 0 bridgehead atoms. The van der Waals surface area contributed by atoms with E-state index in [9.17, 15) is 19.2 Å². The van der Waals surface area contributed by atoms with Gasteiger partial charge >= 0.3 is 12.2 Å². The molecule has 6 atom stereocenters. The molecule has 6 fully saturated rings. The van der Waals surface area contributed by atoms with Gasteiger partial charge in [0.1, 0.15) is 0 Å². The minimum Gasteiger partial charge on any atom is -0.465 e. The first-order valence-electron chi connectivity index (χ1n) is 25.1. The summed E-state index contributed by atoms with van der Waals surface area (Å²) in [5.74, 6) is -2.72. The standard InChI is InChI=1S/2C23H35ClFN7O3/c2*1-31-10-11-32(17-9-5-4-8-16(17)31)20-18(25)19(27-22(24)28-20)29-30-21(33)15(13-26-23(34)35)12-14-6-2-3-7-14/h2*14-17,26H,2-13H2,1H3,(H,30,33)(H,34,35)(H,27,28,29)/t2*15-,16?,17?/m11/s1. The van der Waals surface area contributed by atoms with Crippen molar-refractivity contribution in [3.05, 3.63) is 22.2 Å². The lowest BCUT2D eigenvalue weighted by Gasteiger charge is -2.49. The first-order chi connectivity index (χ1) is 33.7. The summed E-state index contributed by atoms with van der Waals surface area (Å²) in [6.07, 6.45) is 15.8. The molecule has 8 rings (SSSR count). The molecule has 2 aromatic heterocycles. The van der Waals surface area contributed by atoms with Gasteiger partial charge in [0.05, 0.1) is 11.8 Å². The fraction of sp³-hybridized carbons (Fsp3) is 0.739. The molecule has 4 amide bonds. The van der Waals surface area contributed by atoms with Gasteiger partial charge in [-0.15, -0.1) is 0 Å². The van der Waals surface area contributed by atoms with Crippen molar-refractivity contribution in [3.8, 4) is 0 Å². The highest BCUT2D eigenvalue weighted by atomic mass is 35.5. The number of rotatable bonds is 16. The second-order valence-electron chi connectivity index (χ2n) is 19.9. The third-order valence-corrected chi connectivity index (χ3v) is 15.7. The number of likely N-dealkylation sites (N-methyl/N-ethyl adjacent to an activating group) is 2. The molecule has 2 aliphatic heterocycles. The Morgan fingerprint density at radius 2 is 0.900 bits per heavy atom. The van der Waals surface area contributed by atoms with Gasteiger partial charge in [-0.3, -0.25) is 41.1 Å². The van der Waals surface area contributed by atoms with E-state index in [2.05, 4.69) is 76.2 Å². The van der Waals surface area contributed by atoms with E-state index >= 15 is 8.78 Å². The average molecular weight is 1020 g/mol. The fourth-order valence-electron chi connectivity index (χ4n) is 11.8. The van der Waals surface area contributed by atoms with Gasteiger partial charge < -0.3 is 30.6 Å². The summed E-state index contributed by atoms with van der Waals surface area (Å²) in [7, 11) is 4.21. The number of nitrogens with one attached hydrogen (secondary N) is 6. The molecule has 388 valence electrons. The summed E-state index contributed by atoms with van der Waals surface area (Å²) in [6, 6.07) is 0.950. The molecule has 24 heteroatoms. The van der Waals surface area contributed by atoms with Crippen molar-refractivity contribution in [1.29, 1.82) is 0 Å². The SMILES string of the molecule is CN1CCN(c2nc(Cl)nc(NNC(=O)[C@@H](CNC(=O)O)CC3CCCC3)c2F)C2CCCCC21.CN1CCN(c2nc(Cl)nc(NNC(=O)[C@@H](CNC(=O)O)CC3CCCC3)c2F)C2CCCCC21. The van der Waals surface area contributed by atoms with E-state index < -0.39 is 47.5 Å². The molecular weight excluding hydrogens is 953 g/mol. The number of halogens is 4. The number of piperazine rings is 2. The zero-order valence-electron chi connectivity index (χ0n) is 40.2. The van der Waals surface area contributed by atoms with Crippen molar-refractivity contribution in [1.82, 2.24) is 51.2 Å². The Hall–Kier alpha value is -4.80. The van der Waals surface area contributed by atoms with Crippen molar-refractivity contribution >= 4 is 70.5 Å². The average Bonchev–Trinajstić information content (AvgIpc) is 4.08. The molecule has 20 nitrogen and oxygen atoms in total. The lowest BCUT2D eigenvalue weighted by atomic mass is 9.86. The zero-order chi connectivity index (χ0) is 49.9. The van der Waals surface area contributed by atoms with Crippen LogP contribution in [0.25, 0.3) is 0 Å². The summed E-state index contributed by atoms with van der Waals surface area (Å²) < 4.78 is 31.2. The Labute approximate surface area is 418 Å². The van der Waals surface area contributed by atoms with E-state index in [1.54, 1.807) is 0 Å². The van der Waals surface area contributed by atoms with Crippen LogP contribution in [-0.2, 0) is 9.59 Å². The number of amides is 4. The van der Waals surface area contributed by atoms with E-state index in [-0.39, 0.29) is 59.0 Å². The van der Waals surface area contributed by atoms with Crippen molar-refractivity contribution in [2.45, 2.75) is 140 Å². The van der Waals surface area contributed by atoms with Crippen LogP contribution in [0.3, 0.4) is 0 Å². The Balaban J connectivity index is 0.000000206. The number of anilines is 4. The van der Waals surface area contributed by atoms with Crippen molar-refractivity contribution < 1.29 is 38.2 Å². The number of hydrogen-bond donors (Lipinski definition) is 8. The summed E-state index contributed by atoms with van der Waals surface area (Å²) in [5, 5.41) is 22.3. The molecule has 70 heavy (non-hydrogen) atoms. The van der Waals surface area contributed by atoms with Gasteiger partial charge in [0.2, 0.25) is 34.0 Å². The molecule has 4 unspecified atom stereocenters. The Kier molecular flexibility index (Phi) is 19.0. The van der Waals surface area contributed by atoms with E-state index in [1.165, 1.54) is 0 Å². The van der Waals surface area contributed by atoms with Crippen LogP contribution < -0.4 is 42.1 Å². The van der Waals surface area contributed by atoms with Gasteiger partial charge in [-0.25, -0.2) is 9.59 Å². The van der Waals surface area contributed by atoms with Crippen LogP contribution in [0.15, 0.2) is 0 Å². The highest BCUT2D eigenvalue weighted by Gasteiger charge is 2.40. The minimum absolute atomic E-state index is 0.0119. The second-order valence-corrected chi connectivity index (χ2v) is 20.6. The summed E-state index contributed by atoms with van der Waals surface area (Å²) in [5.41, 5.74) is 10.2. The van der Waals surface area contributed by atoms with Crippen LogP contribution in [0.2, 0.25) is 10.6 Å². The Morgan fingerprint density at radius 3 is 1.26 bits per heavy atom. The first kappa shape index (κ1) is 53.0. The predicted octanol–water partition coefficient (Wildman–Crippen LogP) is 6.48. The zero-order valence-corrected chi connectivity index (χ0v) is 41.7. The number of carbonyl (C=O) groups excluding carboxylic acids is 2. The highest BCUT2D eigenvalue weighted by molar-refractivity contribution is 6.28. The smallest absolute Gasteiger partial charge is 0.404 e.